The summed E-state index contributed by atoms with van der Waals surface area (Å²) in [6.07, 6.45) is 2.03. The quantitative estimate of drug-likeness (QED) is 0.709. The monoisotopic (exact) mass is 362 g/mol. The molecule has 0 aromatic heterocycles. The molecule has 0 spiro atoms. The maximum atomic E-state index is 6.18. The lowest BCUT2D eigenvalue weighted by molar-refractivity contribution is 0.232. The fraction of sp³-hybridized carbons (Fsp3) is 0.222. The first-order chi connectivity index (χ1) is 10.2. The van der Waals surface area contributed by atoms with Crippen LogP contribution in [0.15, 0.2) is 46.9 Å². The second-order valence-corrected chi connectivity index (χ2v) is 6.57. The summed E-state index contributed by atoms with van der Waals surface area (Å²) in [7, 11) is 1.72. The van der Waals surface area contributed by atoms with Crippen LogP contribution in [0.2, 0.25) is 5.02 Å². The summed E-state index contributed by atoms with van der Waals surface area (Å²) in [5.41, 5.74) is 6.40. The van der Waals surface area contributed by atoms with Gasteiger partial charge in [-0.3, -0.25) is 0 Å². The standard InChI is InChI=1S/C18H16BrClO/c1-21-11-17(19)18-15-5-3-2-4-12(15)6-7-13-10-14(20)8-9-16(13)18/h2-5,8-10H,6-7,11H2,1H3. The van der Waals surface area contributed by atoms with Gasteiger partial charge in [0, 0.05) is 22.2 Å². The highest BCUT2D eigenvalue weighted by Gasteiger charge is 2.20. The maximum absolute atomic E-state index is 6.18. The van der Waals surface area contributed by atoms with Gasteiger partial charge >= 0.3 is 0 Å². The molecule has 3 heteroatoms. The Morgan fingerprint density at radius 1 is 1.10 bits per heavy atom. The summed E-state index contributed by atoms with van der Waals surface area (Å²) in [6.45, 7) is 0.561. The van der Waals surface area contributed by atoms with Gasteiger partial charge in [-0.1, -0.05) is 57.9 Å². The average molecular weight is 364 g/mol. The van der Waals surface area contributed by atoms with Gasteiger partial charge in [-0.05, 0) is 47.2 Å². The van der Waals surface area contributed by atoms with Crippen molar-refractivity contribution in [1.29, 1.82) is 0 Å². The highest BCUT2D eigenvalue weighted by molar-refractivity contribution is 9.11. The van der Waals surface area contributed by atoms with E-state index < -0.39 is 0 Å². The van der Waals surface area contributed by atoms with E-state index in [-0.39, 0.29) is 0 Å². The minimum Gasteiger partial charge on any atom is -0.379 e. The van der Waals surface area contributed by atoms with Crippen LogP contribution in [0.3, 0.4) is 0 Å². The fourth-order valence-corrected chi connectivity index (χ4v) is 3.75. The molecule has 0 aliphatic heterocycles. The zero-order valence-corrected chi connectivity index (χ0v) is 14.2. The zero-order chi connectivity index (χ0) is 14.8. The van der Waals surface area contributed by atoms with Gasteiger partial charge in [0.2, 0.25) is 0 Å². The Bertz CT molecular complexity index is 706. The van der Waals surface area contributed by atoms with Crippen molar-refractivity contribution >= 4 is 33.1 Å². The summed E-state index contributed by atoms with van der Waals surface area (Å²) in [5, 5.41) is 0.793. The third-order valence-electron chi connectivity index (χ3n) is 3.83. The predicted molar refractivity (Wildman–Crippen MR) is 92.1 cm³/mol. The van der Waals surface area contributed by atoms with Crippen LogP contribution in [0, 0.1) is 0 Å². The molecule has 3 rings (SSSR count). The van der Waals surface area contributed by atoms with Gasteiger partial charge in [-0.25, -0.2) is 0 Å². The van der Waals surface area contributed by atoms with Crippen molar-refractivity contribution in [2.75, 3.05) is 13.7 Å². The number of halogens is 2. The van der Waals surface area contributed by atoms with Gasteiger partial charge < -0.3 is 4.74 Å². The lowest BCUT2D eigenvalue weighted by Gasteiger charge is -2.15. The molecule has 0 unspecified atom stereocenters. The summed E-state index contributed by atoms with van der Waals surface area (Å²) in [5.74, 6) is 0. The van der Waals surface area contributed by atoms with E-state index in [0.29, 0.717) is 6.61 Å². The van der Waals surface area contributed by atoms with Gasteiger partial charge in [0.05, 0.1) is 6.61 Å². The molecule has 0 bridgehead atoms. The van der Waals surface area contributed by atoms with Crippen LogP contribution in [0.5, 0.6) is 0 Å². The third-order valence-corrected chi connectivity index (χ3v) is 4.69. The highest BCUT2D eigenvalue weighted by atomic mass is 79.9. The minimum atomic E-state index is 0.561. The number of methoxy groups -OCH3 is 1. The Balaban J connectivity index is 2.27. The summed E-state index contributed by atoms with van der Waals surface area (Å²) in [6, 6.07) is 14.7. The first kappa shape index (κ1) is 14.8. The molecule has 1 aliphatic carbocycles. The molecular weight excluding hydrogens is 348 g/mol. The van der Waals surface area contributed by atoms with Crippen molar-refractivity contribution in [1.82, 2.24) is 0 Å². The van der Waals surface area contributed by atoms with E-state index >= 15 is 0 Å². The molecule has 1 aliphatic rings. The molecule has 0 saturated heterocycles. The van der Waals surface area contributed by atoms with Crippen molar-refractivity contribution in [3.05, 3.63) is 74.2 Å². The Morgan fingerprint density at radius 2 is 1.81 bits per heavy atom. The fourth-order valence-electron chi connectivity index (χ4n) is 2.90. The first-order valence-electron chi connectivity index (χ1n) is 6.95. The molecule has 0 amide bonds. The van der Waals surface area contributed by atoms with Crippen molar-refractivity contribution in [2.45, 2.75) is 12.8 Å². The van der Waals surface area contributed by atoms with Crippen LogP contribution < -0.4 is 0 Å². The smallest absolute Gasteiger partial charge is 0.0784 e. The SMILES string of the molecule is COCC(Br)=C1c2ccccc2CCc2cc(Cl)ccc21. The number of fused-ring (bicyclic) bond motifs is 2. The molecule has 2 aromatic carbocycles. The number of benzene rings is 2. The normalized spacial score (nSPS) is 16.0. The summed E-state index contributed by atoms with van der Waals surface area (Å²) in [4.78, 5) is 0. The van der Waals surface area contributed by atoms with Crippen molar-refractivity contribution < 1.29 is 4.74 Å². The Labute approximate surface area is 138 Å². The lowest BCUT2D eigenvalue weighted by Crippen LogP contribution is -1.98. The molecule has 0 radical (unpaired) electrons. The molecule has 0 atom stereocenters. The van der Waals surface area contributed by atoms with Crippen LogP contribution in [0.4, 0.5) is 0 Å². The van der Waals surface area contributed by atoms with E-state index in [9.17, 15) is 0 Å². The minimum absolute atomic E-state index is 0.561. The molecule has 2 aromatic rings. The summed E-state index contributed by atoms with van der Waals surface area (Å²) >= 11 is 9.89. The molecule has 108 valence electrons. The molecule has 0 heterocycles. The van der Waals surface area contributed by atoms with Gasteiger partial charge in [-0.2, -0.15) is 0 Å². The van der Waals surface area contributed by atoms with Gasteiger partial charge in [0.1, 0.15) is 0 Å². The van der Waals surface area contributed by atoms with E-state index in [0.717, 1.165) is 22.3 Å². The molecule has 0 fully saturated rings. The van der Waals surface area contributed by atoms with Gasteiger partial charge in [-0.15, -0.1) is 0 Å². The van der Waals surface area contributed by atoms with Gasteiger partial charge in [0.25, 0.3) is 0 Å². The molecule has 0 saturated carbocycles. The Morgan fingerprint density at radius 3 is 2.62 bits per heavy atom. The van der Waals surface area contributed by atoms with Crippen LogP contribution in [0.25, 0.3) is 5.57 Å². The Kier molecular flexibility index (Phi) is 4.48. The van der Waals surface area contributed by atoms with Crippen LogP contribution in [-0.4, -0.2) is 13.7 Å². The van der Waals surface area contributed by atoms with Crippen molar-refractivity contribution in [3.8, 4) is 0 Å². The maximum Gasteiger partial charge on any atom is 0.0784 e. The topological polar surface area (TPSA) is 9.23 Å². The number of ether oxygens (including phenoxy) is 1. The van der Waals surface area contributed by atoms with E-state index in [1.165, 1.54) is 27.8 Å². The highest BCUT2D eigenvalue weighted by Crippen LogP contribution is 2.38. The van der Waals surface area contributed by atoms with Crippen LogP contribution >= 0.6 is 27.5 Å². The van der Waals surface area contributed by atoms with E-state index in [2.05, 4.69) is 52.3 Å². The first-order valence-corrected chi connectivity index (χ1v) is 8.12. The average Bonchev–Trinajstić information content (AvgIpc) is 2.64. The lowest BCUT2D eigenvalue weighted by atomic mass is 9.94. The number of hydrogen-bond donors (Lipinski definition) is 0. The Hall–Kier alpha value is -1.09. The van der Waals surface area contributed by atoms with Crippen molar-refractivity contribution in [2.24, 2.45) is 0 Å². The summed E-state index contributed by atoms with van der Waals surface area (Å²) < 4.78 is 6.39. The predicted octanol–water partition coefficient (Wildman–Crippen LogP) is 5.24. The molecule has 0 N–H and O–H groups in total. The number of hydrogen-bond acceptors (Lipinski definition) is 1. The van der Waals surface area contributed by atoms with Crippen LogP contribution in [-0.2, 0) is 17.6 Å². The molecule has 1 nitrogen and oxygen atoms in total. The van der Waals surface area contributed by atoms with Crippen molar-refractivity contribution in [3.63, 3.8) is 0 Å². The molecule has 21 heavy (non-hydrogen) atoms. The van der Waals surface area contributed by atoms with E-state index in [1.54, 1.807) is 7.11 Å². The van der Waals surface area contributed by atoms with Crippen LogP contribution in [0.1, 0.15) is 22.3 Å². The van der Waals surface area contributed by atoms with E-state index in [4.69, 9.17) is 16.3 Å². The number of aryl methyl sites for hydroxylation is 2. The second-order valence-electron chi connectivity index (χ2n) is 5.17. The number of rotatable bonds is 2. The van der Waals surface area contributed by atoms with E-state index in [1.807, 2.05) is 6.07 Å². The second kappa shape index (κ2) is 6.35. The van der Waals surface area contributed by atoms with Gasteiger partial charge in [0.15, 0.2) is 0 Å². The largest absolute Gasteiger partial charge is 0.379 e. The molecular formula is C18H16BrClO. The third kappa shape index (κ3) is 2.94. The zero-order valence-electron chi connectivity index (χ0n) is 11.8.